The van der Waals surface area contributed by atoms with Gasteiger partial charge in [0.2, 0.25) is 10.0 Å². The standard InChI is InChI=1S/C10H21NO2S2/c1-4-10(9(2)14-3)8-11-6-5-7-15(11,12)13/h9-10H,4-8H2,1-3H3/t9?,10-/m0/s1. The van der Waals surface area contributed by atoms with E-state index in [1.54, 1.807) is 4.31 Å². The highest BCUT2D eigenvalue weighted by Crippen LogP contribution is 2.24. The quantitative estimate of drug-likeness (QED) is 0.748. The third-order valence-corrected chi connectivity index (χ3v) is 6.25. The van der Waals surface area contributed by atoms with Crippen LogP contribution in [0.5, 0.6) is 0 Å². The van der Waals surface area contributed by atoms with Crippen molar-refractivity contribution in [1.82, 2.24) is 4.31 Å². The summed E-state index contributed by atoms with van der Waals surface area (Å²) in [6.45, 7) is 5.75. The molecule has 0 aromatic carbocycles. The predicted octanol–water partition coefficient (Wildman–Crippen LogP) is 1.80. The molecule has 5 heteroatoms. The van der Waals surface area contributed by atoms with Gasteiger partial charge in [-0.3, -0.25) is 0 Å². The smallest absolute Gasteiger partial charge is 0.212 e. The van der Waals surface area contributed by atoms with E-state index < -0.39 is 10.0 Å². The Morgan fingerprint density at radius 1 is 1.47 bits per heavy atom. The van der Waals surface area contributed by atoms with Gasteiger partial charge in [-0.05, 0) is 18.6 Å². The van der Waals surface area contributed by atoms with E-state index in [1.165, 1.54) is 0 Å². The topological polar surface area (TPSA) is 37.4 Å². The van der Waals surface area contributed by atoms with Gasteiger partial charge in [-0.15, -0.1) is 0 Å². The summed E-state index contributed by atoms with van der Waals surface area (Å²) in [5.41, 5.74) is 0. The number of nitrogens with zero attached hydrogens (tertiary/aromatic N) is 1. The van der Waals surface area contributed by atoms with E-state index in [-0.39, 0.29) is 0 Å². The van der Waals surface area contributed by atoms with Crippen LogP contribution in [0.15, 0.2) is 0 Å². The van der Waals surface area contributed by atoms with Crippen LogP contribution in [0.2, 0.25) is 0 Å². The molecule has 1 rings (SSSR count). The van der Waals surface area contributed by atoms with Crippen LogP contribution in [0.25, 0.3) is 0 Å². The Labute approximate surface area is 97.7 Å². The SMILES string of the molecule is CC[C@@H](CN1CCCS1(=O)=O)C(C)SC. The first-order valence-electron chi connectivity index (χ1n) is 5.52. The van der Waals surface area contributed by atoms with Gasteiger partial charge in [0.15, 0.2) is 0 Å². The van der Waals surface area contributed by atoms with Crippen molar-refractivity contribution in [3.05, 3.63) is 0 Å². The lowest BCUT2D eigenvalue weighted by Gasteiger charge is -2.25. The van der Waals surface area contributed by atoms with E-state index in [4.69, 9.17) is 0 Å². The van der Waals surface area contributed by atoms with Crippen LogP contribution in [0.4, 0.5) is 0 Å². The third kappa shape index (κ3) is 3.36. The van der Waals surface area contributed by atoms with Crippen LogP contribution in [0.3, 0.4) is 0 Å². The van der Waals surface area contributed by atoms with Crippen LogP contribution < -0.4 is 0 Å². The monoisotopic (exact) mass is 251 g/mol. The molecule has 1 unspecified atom stereocenters. The van der Waals surface area contributed by atoms with Crippen molar-refractivity contribution < 1.29 is 8.42 Å². The van der Waals surface area contributed by atoms with Gasteiger partial charge in [0.05, 0.1) is 5.75 Å². The van der Waals surface area contributed by atoms with E-state index in [0.29, 0.717) is 23.5 Å². The number of thioether (sulfide) groups is 1. The van der Waals surface area contributed by atoms with Gasteiger partial charge < -0.3 is 0 Å². The highest BCUT2D eigenvalue weighted by Gasteiger charge is 2.30. The van der Waals surface area contributed by atoms with Crippen LogP contribution in [0.1, 0.15) is 26.7 Å². The summed E-state index contributed by atoms with van der Waals surface area (Å²) in [5.74, 6) is 0.824. The predicted molar refractivity (Wildman–Crippen MR) is 66.7 cm³/mol. The lowest BCUT2D eigenvalue weighted by molar-refractivity contribution is 0.352. The average Bonchev–Trinajstić information content (AvgIpc) is 2.53. The van der Waals surface area contributed by atoms with Gasteiger partial charge in [0, 0.05) is 18.3 Å². The van der Waals surface area contributed by atoms with E-state index in [1.807, 2.05) is 11.8 Å². The summed E-state index contributed by atoms with van der Waals surface area (Å²) in [5, 5.41) is 0.533. The minimum absolute atomic E-state index is 0.344. The highest BCUT2D eigenvalue weighted by atomic mass is 32.2. The molecule has 0 aromatic rings. The molecule has 0 radical (unpaired) electrons. The fraction of sp³-hybridized carbons (Fsp3) is 1.00. The molecular weight excluding hydrogens is 230 g/mol. The Bertz CT molecular complexity index is 290. The van der Waals surface area contributed by atoms with Crippen molar-refractivity contribution in [3.63, 3.8) is 0 Å². The molecule has 1 heterocycles. The van der Waals surface area contributed by atoms with Crippen molar-refractivity contribution in [3.8, 4) is 0 Å². The van der Waals surface area contributed by atoms with Crippen LogP contribution >= 0.6 is 11.8 Å². The highest BCUT2D eigenvalue weighted by molar-refractivity contribution is 7.99. The van der Waals surface area contributed by atoms with Crippen molar-refractivity contribution in [2.75, 3.05) is 25.1 Å². The number of hydrogen-bond donors (Lipinski definition) is 0. The first-order valence-corrected chi connectivity index (χ1v) is 8.41. The zero-order chi connectivity index (χ0) is 11.5. The van der Waals surface area contributed by atoms with Gasteiger partial charge in [-0.2, -0.15) is 11.8 Å². The van der Waals surface area contributed by atoms with E-state index in [0.717, 1.165) is 19.4 Å². The molecule has 0 N–H and O–H groups in total. The molecule has 90 valence electrons. The summed E-state index contributed by atoms with van der Waals surface area (Å²) in [7, 11) is -2.91. The Balaban J connectivity index is 2.59. The van der Waals surface area contributed by atoms with Gasteiger partial charge >= 0.3 is 0 Å². The first kappa shape index (κ1) is 13.3. The van der Waals surface area contributed by atoms with Crippen LogP contribution in [-0.2, 0) is 10.0 Å². The minimum Gasteiger partial charge on any atom is -0.212 e. The van der Waals surface area contributed by atoms with Crippen LogP contribution in [0, 0.1) is 5.92 Å². The molecule has 1 aliphatic heterocycles. The largest absolute Gasteiger partial charge is 0.214 e. The Kier molecular flexibility index (Phi) is 4.93. The lowest BCUT2D eigenvalue weighted by Crippen LogP contribution is -2.34. The summed E-state index contributed by atoms with van der Waals surface area (Å²) < 4.78 is 25.0. The van der Waals surface area contributed by atoms with E-state index >= 15 is 0 Å². The molecule has 3 nitrogen and oxygen atoms in total. The van der Waals surface area contributed by atoms with Gasteiger partial charge in [-0.1, -0.05) is 20.3 Å². The molecule has 0 aromatic heterocycles. The summed E-state index contributed by atoms with van der Waals surface area (Å²) in [6.07, 6.45) is 3.94. The van der Waals surface area contributed by atoms with E-state index in [9.17, 15) is 8.42 Å². The number of hydrogen-bond acceptors (Lipinski definition) is 3. The maximum Gasteiger partial charge on any atom is 0.214 e. The van der Waals surface area contributed by atoms with E-state index in [2.05, 4.69) is 20.1 Å². The second-order valence-electron chi connectivity index (χ2n) is 4.14. The number of sulfonamides is 1. The molecule has 0 spiro atoms. The molecule has 1 aliphatic rings. The van der Waals surface area contributed by atoms with Gasteiger partial charge in [0.25, 0.3) is 0 Å². The number of rotatable bonds is 5. The maximum absolute atomic E-state index is 11.6. The molecule has 0 amide bonds. The molecular formula is C10H21NO2S2. The lowest BCUT2D eigenvalue weighted by atomic mass is 10.0. The Morgan fingerprint density at radius 2 is 2.13 bits per heavy atom. The zero-order valence-electron chi connectivity index (χ0n) is 9.77. The van der Waals surface area contributed by atoms with Crippen molar-refractivity contribution in [2.45, 2.75) is 31.9 Å². The molecule has 1 fully saturated rings. The van der Waals surface area contributed by atoms with Gasteiger partial charge in [-0.25, -0.2) is 12.7 Å². The van der Waals surface area contributed by atoms with Gasteiger partial charge in [0.1, 0.15) is 0 Å². The molecule has 1 saturated heterocycles. The first-order chi connectivity index (χ1) is 7.01. The van der Waals surface area contributed by atoms with Crippen molar-refractivity contribution >= 4 is 21.8 Å². The van der Waals surface area contributed by atoms with Crippen LogP contribution in [-0.4, -0.2) is 43.1 Å². The maximum atomic E-state index is 11.6. The molecule has 15 heavy (non-hydrogen) atoms. The molecule has 0 aliphatic carbocycles. The summed E-state index contributed by atoms with van der Waals surface area (Å²) in [6, 6.07) is 0. The molecule has 0 saturated carbocycles. The Hall–Kier alpha value is 0.260. The van der Waals surface area contributed by atoms with Crippen molar-refractivity contribution in [1.29, 1.82) is 0 Å². The third-order valence-electron chi connectivity index (χ3n) is 3.20. The van der Waals surface area contributed by atoms with Crippen molar-refractivity contribution in [2.24, 2.45) is 5.92 Å². The average molecular weight is 251 g/mol. The fourth-order valence-electron chi connectivity index (χ4n) is 1.96. The Morgan fingerprint density at radius 3 is 2.53 bits per heavy atom. The normalized spacial score (nSPS) is 25.3. The second-order valence-corrected chi connectivity index (χ2v) is 7.44. The molecule has 0 bridgehead atoms. The summed E-state index contributed by atoms with van der Waals surface area (Å²) in [4.78, 5) is 0. The summed E-state index contributed by atoms with van der Waals surface area (Å²) >= 11 is 1.82. The zero-order valence-corrected chi connectivity index (χ0v) is 11.4. The minimum atomic E-state index is -2.91. The fourth-order valence-corrected chi connectivity index (χ4v) is 4.20. The second kappa shape index (κ2) is 5.55. The molecule has 2 atom stereocenters.